The summed E-state index contributed by atoms with van der Waals surface area (Å²) >= 11 is 0. The van der Waals surface area contributed by atoms with Gasteiger partial charge in [-0.15, -0.1) is 0 Å². The van der Waals surface area contributed by atoms with Crippen molar-refractivity contribution in [2.24, 2.45) is 0 Å². The van der Waals surface area contributed by atoms with Crippen molar-refractivity contribution in [2.45, 2.75) is 20.3 Å². The van der Waals surface area contributed by atoms with Gasteiger partial charge in [0.25, 0.3) is 11.8 Å². The van der Waals surface area contributed by atoms with E-state index in [0.29, 0.717) is 17.0 Å². The molecule has 0 radical (unpaired) electrons. The lowest BCUT2D eigenvalue weighted by atomic mass is 10.1. The summed E-state index contributed by atoms with van der Waals surface area (Å²) in [6, 6.07) is 22.1. The Morgan fingerprint density at radius 3 is 2.34 bits per heavy atom. The second kappa shape index (κ2) is 9.55. The summed E-state index contributed by atoms with van der Waals surface area (Å²) in [5, 5.41) is 5.63. The summed E-state index contributed by atoms with van der Waals surface area (Å²) in [7, 11) is 0. The molecule has 0 spiro atoms. The van der Waals surface area contributed by atoms with Crippen molar-refractivity contribution in [3.63, 3.8) is 0 Å². The first-order chi connectivity index (χ1) is 14.0. The maximum Gasteiger partial charge on any atom is 0.262 e. The second-order valence-corrected chi connectivity index (χ2v) is 6.74. The van der Waals surface area contributed by atoms with Crippen molar-refractivity contribution < 1.29 is 14.3 Å². The van der Waals surface area contributed by atoms with E-state index in [2.05, 4.69) is 17.6 Å². The van der Waals surface area contributed by atoms with Crippen molar-refractivity contribution in [1.29, 1.82) is 0 Å². The standard InChI is InChI=1S/C24H24N2O3/c1-3-18-8-5-12-22(14-18)29-16-23(27)25-21-11-6-9-19(15-21)24(28)26-20-10-4-7-17(2)13-20/h4-15H,3,16H2,1-2H3,(H,25,27)(H,26,28). The Morgan fingerprint density at radius 2 is 1.59 bits per heavy atom. The van der Waals surface area contributed by atoms with Gasteiger partial charge in [-0.25, -0.2) is 0 Å². The SMILES string of the molecule is CCc1cccc(OCC(=O)Nc2cccc(C(=O)Nc3cccc(C)c3)c2)c1. The summed E-state index contributed by atoms with van der Waals surface area (Å²) in [5.41, 5.74) is 3.94. The second-order valence-electron chi connectivity index (χ2n) is 6.74. The van der Waals surface area contributed by atoms with E-state index in [9.17, 15) is 9.59 Å². The molecule has 0 aliphatic rings. The number of benzene rings is 3. The molecule has 2 amide bonds. The molecule has 3 rings (SSSR count). The summed E-state index contributed by atoms with van der Waals surface area (Å²) in [6.45, 7) is 3.92. The third kappa shape index (κ3) is 5.94. The molecule has 148 valence electrons. The van der Waals surface area contributed by atoms with Crippen LogP contribution in [-0.4, -0.2) is 18.4 Å². The van der Waals surface area contributed by atoms with Crippen LogP contribution in [0.1, 0.15) is 28.4 Å². The highest BCUT2D eigenvalue weighted by molar-refractivity contribution is 6.05. The molecule has 0 saturated heterocycles. The molecule has 2 N–H and O–H groups in total. The Bertz CT molecular complexity index is 1010. The maximum atomic E-state index is 12.5. The predicted molar refractivity (Wildman–Crippen MR) is 116 cm³/mol. The van der Waals surface area contributed by atoms with Gasteiger partial charge in [0, 0.05) is 16.9 Å². The minimum atomic E-state index is -0.289. The number of carbonyl (C=O) groups is 2. The number of aryl methyl sites for hydroxylation is 2. The normalized spacial score (nSPS) is 10.3. The van der Waals surface area contributed by atoms with Crippen molar-refractivity contribution in [3.05, 3.63) is 89.5 Å². The summed E-state index contributed by atoms with van der Waals surface area (Å²) in [4.78, 5) is 24.7. The van der Waals surface area contributed by atoms with E-state index in [1.165, 1.54) is 0 Å². The average Bonchev–Trinajstić information content (AvgIpc) is 2.72. The topological polar surface area (TPSA) is 67.4 Å². The Balaban J connectivity index is 1.58. The highest BCUT2D eigenvalue weighted by Crippen LogP contribution is 2.16. The van der Waals surface area contributed by atoms with Crippen LogP contribution in [0.4, 0.5) is 11.4 Å². The minimum Gasteiger partial charge on any atom is -0.484 e. The molecule has 3 aromatic rings. The Labute approximate surface area is 170 Å². The van der Waals surface area contributed by atoms with E-state index >= 15 is 0 Å². The molecular formula is C24H24N2O3. The van der Waals surface area contributed by atoms with Crippen molar-refractivity contribution in [1.82, 2.24) is 0 Å². The first-order valence-corrected chi connectivity index (χ1v) is 9.53. The van der Waals surface area contributed by atoms with Gasteiger partial charge in [-0.1, -0.05) is 37.3 Å². The van der Waals surface area contributed by atoms with E-state index in [0.717, 1.165) is 23.2 Å². The molecule has 0 aliphatic carbocycles. The lowest BCUT2D eigenvalue weighted by Gasteiger charge is -2.10. The van der Waals surface area contributed by atoms with Crippen LogP contribution >= 0.6 is 0 Å². The lowest BCUT2D eigenvalue weighted by molar-refractivity contribution is -0.118. The van der Waals surface area contributed by atoms with Gasteiger partial charge in [0.15, 0.2) is 6.61 Å². The Kier molecular flexibility index (Phi) is 6.63. The van der Waals surface area contributed by atoms with Gasteiger partial charge in [-0.2, -0.15) is 0 Å². The highest BCUT2D eigenvalue weighted by atomic mass is 16.5. The number of ether oxygens (including phenoxy) is 1. The van der Waals surface area contributed by atoms with Crippen LogP contribution in [0.15, 0.2) is 72.8 Å². The fraction of sp³-hybridized carbons (Fsp3) is 0.167. The number of amides is 2. The van der Waals surface area contributed by atoms with Crippen LogP contribution in [0.25, 0.3) is 0 Å². The number of rotatable bonds is 7. The number of hydrogen-bond acceptors (Lipinski definition) is 3. The zero-order valence-corrected chi connectivity index (χ0v) is 16.6. The smallest absolute Gasteiger partial charge is 0.262 e. The molecule has 0 atom stereocenters. The lowest BCUT2D eigenvalue weighted by Crippen LogP contribution is -2.20. The largest absolute Gasteiger partial charge is 0.484 e. The zero-order valence-electron chi connectivity index (χ0n) is 16.6. The molecule has 0 aromatic heterocycles. The van der Waals surface area contributed by atoms with E-state index in [-0.39, 0.29) is 18.4 Å². The van der Waals surface area contributed by atoms with Crippen molar-refractivity contribution in [3.8, 4) is 5.75 Å². The minimum absolute atomic E-state index is 0.104. The molecular weight excluding hydrogens is 364 g/mol. The first-order valence-electron chi connectivity index (χ1n) is 9.53. The van der Waals surface area contributed by atoms with Crippen LogP contribution in [0.5, 0.6) is 5.75 Å². The predicted octanol–water partition coefficient (Wildman–Crippen LogP) is 4.83. The molecule has 5 heteroatoms. The van der Waals surface area contributed by atoms with Crippen LogP contribution in [0, 0.1) is 6.92 Å². The molecule has 5 nitrogen and oxygen atoms in total. The van der Waals surface area contributed by atoms with Gasteiger partial charge < -0.3 is 15.4 Å². The van der Waals surface area contributed by atoms with Gasteiger partial charge in [0.1, 0.15) is 5.75 Å². The first kappa shape index (κ1) is 20.1. The van der Waals surface area contributed by atoms with Crippen LogP contribution in [0.2, 0.25) is 0 Å². The van der Waals surface area contributed by atoms with Gasteiger partial charge in [0.2, 0.25) is 0 Å². The van der Waals surface area contributed by atoms with E-state index in [4.69, 9.17) is 4.74 Å². The Morgan fingerprint density at radius 1 is 0.862 bits per heavy atom. The molecule has 0 aliphatic heterocycles. The number of hydrogen-bond donors (Lipinski definition) is 2. The fourth-order valence-corrected chi connectivity index (χ4v) is 2.87. The summed E-state index contributed by atoms with van der Waals surface area (Å²) in [5.74, 6) is 0.133. The average molecular weight is 388 g/mol. The third-order valence-electron chi connectivity index (χ3n) is 4.36. The molecule has 0 heterocycles. The summed E-state index contributed by atoms with van der Waals surface area (Å²) in [6.07, 6.45) is 0.904. The van der Waals surface area contributed by atoms with Gasteiger partial charge in [-0.05, 0) is 66.9 Å². The van der Waals surface area contributed by atoms with Crippen LogP contribution < -0.4 is 15.4 Å². The van der Waals surface area contributed by atoms with Crippen LogP contribution in [0.3, 0.4) is 0 Å². The zero-order chi connectivity index (χ0) is 20.6. The number of carbonyl (C=O) groups excluding carboxylic acids is 2. The van der Waals surface area contributed by atoms with Gasteiger partial charge >= 0.3 is 0 Å². The van der Waals surface area contributed by atoms with Crippen molar-refractivity contribution in [2.75, 3.05) is 17.2 Å². The molecule has 0 saturated carbocycles. The molecule has 0 fully saturated rings. The molecule has 0 bridgehead atoms. The molecule has 3 aromatic carbocycles. The van der Waals surface area contributed by atoms with Gasteiger partial charge in [-0.3, -0.25) is 9.59 Å². The maximum absolute atomic E-state index is 12.5. The van der Waals surface area contributed by atoms with Crippen molar-refractivity contribution >= 4 is 23.2 Å². The number of nitrogens with one attached hydrogen (secondary N) is 2. The fourth-order valence-electron chi connectivity index (χ4n) is 2.87. The van der Waals surface area contributed by atoms with E-state index < -0.39 is 0 Å². The molecule has 29 heavy (non-hydrogen) atoms. The quantitative estimate of drug-likeness (QED) is 0.609. The Hall–Kier alpha value is -3.60. The monoisotopic (exact) mass is 388 g/mol. The highest BCUT2D eigenvalue weighted by Gasteiger charge is 2.09. The van der Waals surface area contributed by atoms with E-state index in [1.807, 2.05) is 55.5 Å². The summed E-state index contributed by atoms with van der Waals surface area (Å²) < 4.78 is 5.56. The van der Waals surface area contributed by atoms with Gasteiger partial charge in [0.05, 0.1) is 0 Å². The van der Waals surface area contributed by atoms with Crippen LogP contribution in [-0.2, 0) is 11.2 Å². The van der Waals surface area contributed by atoms with E-state index in [1.54, 1.807) is 24.3 Å². The number of anilines is 2. The third-order valence-corrected chi connectivity index (χ3v) is 4.36. The molecule has 0 unspecified atom stereocenters.